The molecular formula is C15H10F2N2O3. The van der Waals surface area contributed by atoms with Crippen molar-refractivity contribution in [3.05, 3.63) is 59.7 Å². The van der Waals surface area contributed by atoms with Gasteiger partial charge in [0.25, 0.3) is 5.91 Å². The summed E-state index contributed by atoms with van der Waals surface area (Å²) in [6.07, 6.45) is 0. The van der Waals surface area contributed by atoms with E-state index in [0.29, 0.717) is 6.07 Å². The van der Waals surface area contributed by atoms with Gasteiger partial charge in [-0.05, 0) is 24.3 Å². The van der Waals surface area contributed by atoms with Crippen LogP contribution in [-0.4, -0.2) is 23.5 Å². The minimum Gasteiger partial charge on any atom is -0.507 e. The fourth-order valence-electron chi connectivity index (χ4n) is 1.99. The number of carbonyl (C=O) groups excluding carboxylic acids is 1. The number of aromatic hydroxyl groups is 1. The first-order valence-corrected chi connectivity index (χ1v) is 6.34. The van der Waals surface area contributed by atoms with E-state index < -0.39 is 17.5 Å². The summed E-state index contributed by atoms with van der Waals surface area (Å²) in [5.41, 5.74) is 0.0742. The molecule has 1 N–H and O–H groups in total. The Morgan fingerprint density at radius 2 is 1.95 bits per heavy atom. The summed E-state index contributed by atoms with van der Waals surface area (Å²) in [4.78, 5) is 11.9. The van der Waals surface area contributed by atoms with Crippen LogP contribution in [0.1, 0.15) is 5.56 Å². The van der Waals surface area contributed by atoms with Gasteiger partial charge in [0.1, 0.15) is 17.3 Å². The van der Waals surface area contributed by atoms with Crippen LogP contribution in [0.5, 0.6) is 5.75 Å². The van der Waals surface area contributed by atoms with Crippen molar-refractivity contribution in [3.8, 4) is 5.75 Å². The van der Waals surface area contributed by atoms with Crippen LogP contribution in [-0.2, 0) is 9.53 Å². The lowest BCUT2D eigenvalue weighted by Gasteiger charge is -2.24. The van der Waals surface area contributed by atoms with Gasteiger partial charge in [0.2, 0.25) is 5.90 Å². The van der Waals surface area contributed by atoms with E-state index in [2.05, 4.69) is 5.10 Å². The van der Waals surface area contributed by atoms with Crippen LogP contribution in [0.3, 0.4) is 0 Å². The predicted molar refractivity (Wildman–Crippen MR) is 74.4 cm³/mol. The molecule has 112 valence electrons. The average molecular weight is 304 g/mol. The number of ether oxygens (including phenoxy) is 1. The molecule has 2 aromatic carbocycles. The summed E-state index contributed by atoms with van der Waals surface area (Å²) in [7, 11) is 0. The maximum absolute atomic E-state index is 13.8. The smallest absolute Gasteiger partial charge is 0.285 e. The second-order valence-electron chi connectivity index (χ2n) is 4.51. The molecule has 0 radical (unpaired) electrons. The molecule has 0 bridgehead atoms. The maximum atomic E-state index is 13.8. The number of anilines is 1. The molecule has 0 aliphatic carbocycles. The van der Waals surface area contributed by atoms with Gasteiger partial charge in [-0.2, -0.15) is 5.01 Å². The first kappa shape index (κ1) is 14.0. The number of para-hydroxylation sites is 1. The van der Waals surface area contributed by atoms with Crippen molar-refractivity contribution in [1.82, 2.24) is 0 Å². The van der Waals surface area contributed by atoms with Crippen molar-refractivity contribution in [1.29, 1.82) is 0 Å². The van der Waals surface area contributed by atoms with E-state index in [4.69, 9.17) is 4.74 Å². The van der Waals surface area contributed by atoms with Gasteiger partial charge >= 0.3 is 0 Å². The molecule has 5 nitrogen and oxygen atoms in total. The SMILES string of the molecule is O=C1COC(c2ccccc2O)=NN1c1ccc(F)cc1F. The van der Waals surface area contributed by atoms with E-state index in [1.165, 1.54) is 6.07 Å². The van der Waals surface area contributed by atoms with Crippen LogP contribution in [0.4, 0.5) is 14.5 Å². The van der Waals surface area contributed by atoms with Gasteiger partial charge in [-0.25, -0.2) is 8.78 Å². The van der Waals surface area contributed by atoms with Crippen molar-refractivity contribution in [2.24, 2.45) is 5.10 Å². The van der Waals surface area contributed by atoms with E-state index in [1.807, 2.05) is 0 Å². The van der Waals surface area contributed by atoms with E-state index in [0.717, 1.165) is 17.1 Å². The third-order valence-electron chi connectivity index (χ3n) is 3.03. The molecule has 0 saturated carbocycles. The standard InChI is InChI=1S/C15H10F2N2O3/c16-9-5-6-12(11(17)7-9)19-14(21)8-22-15(18-19)10-3-1-2-4-13(10)20/h1-7,20H,8H2. The van der Waals surface area contributed by atoms with Crippen LogP contribution < -0.4 is 5.01 Å². The quantitative estimate of drug-likeness (QED) is 0.926. The summed E-state index contributed by atoms with van der Waals surface area (Å²) < 4.78 is 32.0. The van der Waals surface area contributed by atoms with E-state index in [1.54, 1.807) is 18.2 Å². The fraction of sp³-hybridized carbons (Fsp3) is 0.0667. The third kappa shape index (κ3) is 2.48. The molecule has 7 heteroatoms. The summed E-state index contributed by atoms with van der Waals surface area (Å²) in [6, 6.07) is 9.04. The van der Waals surface area contributed by atoms with Crippen molar-refractivity contribution in [2.45, 2.75) is 0 Å². The van der Waals surface area contributed by atoms with Crippen molar-refractivity contribution >= 4 is 17.5 Å². The van der Waals surface area contributed by atoms with E-state index in [-0.39, 0.29) is 29.5 Å². The number of rotatable bonds is 2. The molecule has 1 amide bonds. The normalized spacial score (nSPS) is 14.5. The topological polar surface area (TPSA) is 62.1 Å². The van der Waals surface area contributed by atoms with Gasteiger partial charge in [0.15, 0.2) is 12.4 Å². The number of nitrogens with zero attached hydrogens (tertiary/aromatic N) is 2. The Bertz CT molecular complexity index is 777. The van der Waals surface area contributed by atoms with Crippen LogP contribution in [0.15, 0.2) is 47.6 Å². The first-order valence-electron chi connectivity index (χ1n) is 6.34. The summed E-state index contributed by atoms with van der Waals surface area (Å²) in [5, 5.41) is 14.5. The lowest BCUT2D eigenvalue weighted by Crippen LogP contribution is -2.37. The van der Waals surface area contributed by atoms with Gasteiger partial charge < -0.3 is 9.84 Å². The molecule has 0 spiro atoms. The zero-order valence-electron chi connectivity index (χ0n) is 11.2. The van der Waals surface area contributed by atoms with E-state index in [9.17, 15) is 18.7 Å². The van der Waals surface area contributed by atoms with Gasteiger partial charge in [-0.3, -0.25) is 4.79 Å². The Kier molecular flexibility index (Phi) is 3.46. The van der Waals surface area contributed by atoms with Crippen LogP contribution >= 0.6 is 0 Å². The first-order chi connectivity index (χ1) is 10.6. The second kappa shape index (κ2) is 5.44. The van der Waals surface area contributed by atoms with Crippen LogP contribution in [0.2, 0.25) is 0 Å². The van der Waals surface area contributed by atoms with Gasteiger partial charge in [0, 0.05) is 6.07 Å². The molecule has 0 fully saturated rings. The molecular weight excluding hydrogens is 294 g/mol. The van der Waals surface area contributed by atoms with Gasteiger partial charge in [-0.1, -0.05) is 12.1 Å². The Labute approximate surface area is 124 Å². The summed E-state index contributed by atoms with van der Waals surface area (Å²) in [5.74, 6) is -2.40. The second-order valence-corrected chi connectivity index (χ2v) is 4.51. The van der Waals surface area contributed by atoms with Gasteiger partial charge in [0.05, 0.1) is 5.56 Å². The minimum absolute atomic E-state index is 0.0265. The molecule has 2 aromatic rings. The Morgan fingerprint density at radius 3 is 2.68 bits per heavy atom. The molecule has 1 aliphatic rings. The van der Waals surface area contributed by atoms with Crippen molar-refractivity contribution in [3.63, 3.8) is 0 Å². The molecule has 0 unspecified atom stereocenters. The summed E-state index contributed by atoms with van der Waals surface area (Å²) >= 11 is 0. The zero-order valence-corrected chi connectivity index (χ0v) is 11.2. The molecule has 0 saturated heterocycles. The zero-order chi connectivity index (χ0) is 15.7. The minimum atomic E-state index is -0.921. The average Bonchev–Trinajstić information content (AvgIpc) is 2.49. The monoisotopic (exact) mass is 304 g/mol. The Hall–Kier alpha value is -2.96. The largest absolute Gasteiger partial charge is 0.507 e. The van der Waals surface area contributed by atoms with Crippen LogP contribution in [0.25, 0.3) is 0 Å². The number of halogens is 2. The molecule has 3 rings (SSSR count). The third-order valence-corrected chi connectivity index (χ3v) is 3.03. The Morgan fingerprint density at radius 1 is 1.18 bits per heavy atom. The van der Waals surface area contributed by atoms with Crippen molar-refractivity contribution < 1.29 is 23.4 Å². The number of amides is 1. The number of benzene rings is 2. The number of hydrazone groups is 1. The number of hydrogen-bond acceptors (Lipinski definition) is 4. The Balaban J connectivity index is 2.05. The number of phenolic OH excluding ortho intramolecular Hbond substituents is 1. The number of hydrogen-bond donors (Lipinski definition) is 1. The number of phenols is 1. The van der Waals surface area contributed by atoms with Crippen LogP contribution in [0, 0.1) is 11.6 Å². The molecule has 1 aliphatic heterocycles. The lowest BCUT2D eigenvalue weighted by atomic mass is 10.2. The lowest BCUT2D eigenvalue weighted by molar-refractivity contribution is -0.121. The molecule has 1 heterocycles. The van der Waals surface area contributed by atoms with Gasteiger partial charge in [-0.15, -0.1) is 5.10 Å². The fourth-order valence-corrected chi connectivity index (χ4v) is 1.99. The predicted octanol–water partition coefficient (Wildman–Crippen LogP) is 2.40. The molecule has 22 heavy (non-hydrogen) atoms. The molecule has 0 atom stereocenters. The maximum Gasteiger partial charge on any atom is 0.285 e. The van der Waals surface area contributed by atoms with Crippen molar-refractivity contribution in [2.75, 3.05) is 11.6 Å². The summed E-state index contributed by atoms with van der Waals surface area (Å²) in [6.45, 7) is -0.371. The van der Waals surface area contributed by atoms with E-state index >= 15 is 0 Å². The highest BCUT2D eigenvalue weighted by molar-refractivity contribution is 6.05. The molecule has 0 aromatic heterocycles. The highest BCUT2D eigenvalue weighted by atomic mass is 19.1. The highest BCUT2D eigenvalue weighted by Crippen LogP contribution is 2.25. The number of carbonyl (C=O) groups is 1. The highest BCUT2D eigenvalue weighted by Gasteiger charge is 2.27.